The first-order valence-electron chi connectivity index (χ1n) is 7.11. The van der Waals surface area contributed by atoms with E-state index in [0.29, 0.717) is 12.8 Å². The normalized spacial score (nSPS) is 14.5. The van der Waals surface area contributed by atoms with E-state index in [0.717, 1.165) is 19.3 Å². The predicted octanol–water partition coefficient (Wildman–Crippen LogP) is 0.668. The van der Waals surface area contributed by atoms with E-state index in [2.05, 4.69) is 0 Å². The van der Waals surface area contributed by atoms with Crippen molar-refractivity contribution in [3.63, 3.8) is 0 Å². The van der Waals surface area contributed by atoms with Crippen molar-refractivity contribution in [2.45, 2.75) is 64.6 Å². The van der Waals surface area contributed by atoms with Gasteiger partial charge in [0.1, 0.15) is 0 Å². The first-order chi connectivity index (χ1) is 8.88. The molecule has 0 heterocycles. The summed E-state index contributed by atoms with van der Waals surface area (Å²) < 4.78 is 0. The van der Waals surface area contributed by atoms with E-state index in [4.69, 9.17) is 15.3 Å². The monoisotopic (exact) mass is 280 g/mol. The Morgan fingerprint density at radius 3 is 1.74 bits per heavy atom. The molecular formula is C14H32O5. The Hall–Kier alpha value is -0.200. The van der Waals surface area contributed by atoms with Crippen LogP contribution < -0.4 is 0 Å². The molecule has 19 heavy (non-hydrogen) atoms. The highest BCUT2D eigenvalue weighted by molar-refractivity contribution is 4.70. The Morgan fingerprint density at radius 1 is 1.00 bits per heavy atom. The SMILES string of the molecule is CC(O)(CCO)CCO.CCCC(O)C(CC)CO. The lowest BCUT2D eigenvalue weighted by atomic mass is 9.97. The molecule has 0 aromatic rings. The Balaban J connectivity index is 0. The average molecular weight is 280 g/mol. The van der Waals surface area contributed by atoms with Crippen molar-refractivity contribution in [2.24, 2.45) is 5.92 Å². The van der Waals surface area contributed by atoms with Gasteiger partial charge < -0.3 is 25.5 Å². The van der Waals surface area contributed by atoms with Gasteiger partial charge in [-0.05, 0) is 32.6 Å². The molecule has 0 radical (unpaired) electrons. The van der Waals surface area contributed by atoms with Gasteiger partial charge in [0, 0.05) is 25.7 Å². The average Bonchev–Trinajstić information content (AvgIpc) is 2.31. The van der Waals surface area contributed by atoms with Crippen LogP contribution in [-0.2, 0) is 0 Å². The maximum atomic E-state index is 9.35. The van der Waals surface area contributed by atoms with Crippen LogP contribution in [0.4, 0.5) is 0 Å². The Bertz CT molecular complexity index is 173. The number of hydrogen-bond acceptors (Lipinski definition) is 5. The molecule has 118 valence electrons. The highest BCUT2D eigenvalue weighted by Crippen LogP contribution is 2.12. The number of aliphatic hydroxyl groups is 5. The predicted molar refractivity (Wildman–Crippen MR) is 75.8 cm³/mol. The van der Waals surface area contributed by atoms with Gasteiger partial charge in [0.15, 0.2) is 0 Å². The van der Waals surface area contributed by atoms with Crippen LogP contribution in [0.5, 0.6) is 0 Å². The van der Waals surface area contributed by atoms with Crippen LogP contribution in [0, 0.1) is 5.92 Å². The molecule has 0 aromatic carbocycles. The van der Waals surface area contributed by atoms with Crippen LogP contribution in [0.25, 0.3) is 0 Å². The summed E-state index contributed by atoms with van der Waals surface area (Å²) >= 11 is 0. The molecule has 5 N–H and O–H groups in total. The van der Waals surface area contributed by atoms with Gasteiger partial charge in [0.25, 0.3) is 0 Å². The molecule has 0 amide bonds. The molecule has 0 saturated heterocycles. The zero-order chi connectivity index (χ0) is 15.3. The molecule has 0 aliphatic heterocycles. The molecule has 0 aliphatic rings. The van der Waals surface area contributed by atoms with Crippen molar-refractivity contribution in [3.8, 4) is 0 Å². The lowest BCUT2D eigenvalue weighted by molar-refractivity contribution is 0.0116. The third kappa shape index (κ3) is 12.6. The summed E-state index contributed by atoms with van der Waals surface area (Å²) in [5, 5.41) is 44.1. The van der Waals surface area contributed by atoms with E-state index < -0.39 is 5.60 Å². The second kappa shape index (κ2) is 12.8. The quantitative estimate of drug-likeness (QED) is 0.427. The largest absolute Gasteiger partial charge is 0.396 e. The van der Waals surface area contributed by atoms with Crippen LogP contribution in [-0.4, -0.2) is 57.1 Å². The summed E-state index contributed by atoms with van der Waals surface area (Å²) in [7, 11) is 0. The van der Waals surface area contributed by atoms with Crippen molar-refractivity contribution in [2.75, 3.05) is 19.8 Å². The minimum atomic E-state index is -0.899. The van der Waals surface area contributed by atoms with Gasteiger partial charge in [-0.1, -0.05) is 20.3 Å². The second-order valence-electron chi connectivity index (χ2n) is 5.15. The van der Waals surface area contributed by atoms with E-state index in [1.54, 1.807) is 6.92 Å². The van der Waals surface area contributed by atoms with E-state index >= 15 is 0 Å². The Morgan fingerprint density at radius 2 is 1.47 bits per heavy atom. The number of hydrogen-bond donors (Lipinski definition) is 5. The molecule has 0 fully saturated rings. The highest BCUT2D eigenvalue weighted by Gasteiger charge is 2.17. The summed E-state index contributed by atoms with van der Waals surface area (Å²) in [4.78, 5) is 0. The zero-order valence-corrected chi connectivity index (χ0v) is 12.5. The molecule has 0 spiro atoms. The smallest absolute Gasteiger partial charge is 0.0663 e. The summed E-state index contributed by atoms with van der Waals surface area (Å²) in [6, 6.07) is 0. The van der Waals surface area contributed by atoms with Gasteiger partial charge in [0.05, 0.1) is 11.7 Å². The fourth-order valence-electron chi connectivity index (χ4n) is 1.66. The van der Waals surface area contributed by atoms with Crippen LogP contribution in [0.3, 0.4) is 0 Å². The maximum Gasteiger partial charge on any atom is 0.0663 e. The summed E-state index contributed by atoms with van der Waals surface area (Å²) in [5.74, 6) is 0.0833. The number of aliphatic hydroxyl groups excluding tert-OH is 4. The molecule has 2 unspecified atom stereocenters. The summed E-state index contributed by atoms with van der Waals surface area (Å²) in [6.45, 7) is 5.66. The van der Waals surface area contributed by atoms with Gasteiger partial charge in [-0.2, -0.15) is 0 Å². The van der Waals surface area contributed by atoms with Crippen molar-refractivity contribution in [3.05, 3.63) is 0 Å². The lowest BCUT2D eigenvalue weighted by Gasteiger charge is -2.20. The van der Waals surface area contributed by atoms with Crippen molar-refractivity contribution in [1.82, 2.24) is 0 Å². The minimum Gasteiger partial charge on any atom is -0.396 e. The second-order valence-corrected chi connectivity index (χ2v) is 5.15. The topological polar surface area (TPSA) is 101 Å². The molecule has 5 nitrogen and oxygen atoms in total. The van der Waals surface area contributed by atoms with E-state index in [9.17, 15) is 10.2 Å². The van der Waals surface area contributed by atoms with E-state index in [1.165, 1.54) is 0 Å². The van der Waals surface area contributed by atoms with Crippen molar-refractivity contribution in [1.29, 1.82) is 0 Å². The van der Waals surface area contributed by atoms with E-state index in [-0.39, 0.29) is 31.8 Å². The van der Waals surface area contributed by atoms with E-state index in [1.807, 2.05) is 13.8 Å². The molecule has 2 atom stereocenters. The third-order valence-corrected chi connectivity index (χ3v) is 3.19. The summed E-state index contributed by atoms with van der Waals surface area (Å²) in [5.41, 5.74) is -0.899. The standard InChI is InChI=1S/C8H18O2.C6H14O3/c1-3-5-8(10)7(4-2)6-9;1-6(9,2-4-7)3-5-8/h7-10H,3-6H2,1-2H3;7-9H,2-5H2,1H3. The fraction of sp³-hybridized carbons (Fsp3) is 1.00. The third-order valence-electron chi connectivity index (χ3n) is 3.19. The van der Waals surface area contributed by atoms with Gasteiger partial charge >= 0.3 is 0 Å². The molecule has 0 aromatic heterocycles. The van der Waals surface area contributed by atoms with Gasteiger partial charge in [-0.15, -0.1) is 0 Å². The first kappa shape index (κ1) is 21.1. The highest BCUT2D eigenvalue weighted by atomic mass is 16.3. The Kier molecular flexibility index (Phi) is 14.2. The van der Waals surface area contributed by atoms with Gasteiger partial charge in [0.2, 0.25) is 0 Å². The van der Waals surface area contributed by atoms with Crippen LogP contribution in [0.2, 0.25) is 0 Å². The Labute approximate surface area is 116 Å². The zero-order valence-electron chi connectivity index (χ0n) is 12.5. The molecule has 0 saturated carbocycles. The first-order valence-corrected chi connectivity index (χ1v) is 7.11. The van der Waals surface area contributed by atoms with Crippen LogP contribution >= 0.6 is 0 Å². The lowest BCUT2D eigenvalue weighted by Crippen LogP contribution is -2.26. The fourth-order valence-corrected chi connectivity index (χ4v) is 1.66. The molecule has 5 heteroatoms. The molecule has 0 bridgehead atoms. The minimum absolute atomic E-state index is 0.0347. The maximum absolute atomic E-state index is 9.35. The molecule has 0 rings (SSSR count). The van der Waals surface area contributed by atoms with Gasteiger partial charge in [-0.25, -0.2) is 0 Å². The molecular weight excluding hydrogens is 248 g/mol. The summed E-state index contributed by atoms with van der Waals surface area (Å²) in [6.07, 6.45) is 3.00. The van der Waals surface area contributed by atoms with Crippen molar-refractivity contribution >= 4 is 0 Å². The van der Waals surface area contributed by atoms with Crippen LogP contribution in [0.15, 0.2) is 0 Å². The molecule has 0 aliphatic carbocycles. The van der Waals surface area contributed by atoms with Crippen LogP contribution in [0.1, 0.15) is 52.9 Å². The van der Waals surface area contributed by atoms with Gasteiger partial charge in [-0.3, -0.25) is 0 Å². The van der Waals surface area contributed by atoms with Crippen molar-refractivity contribution < 1.29 is 25.5 Å². The number of rotatable bonds is 9.